The Kier molecular flexibility index (Phi) is 5.41. The van der Waals surface area contributed by atoms with Gasteiger partial charge in [0, 0.05) is 5.69 Å². The van der Waals surface area contributed by atoms with Crippen LogP contribution in [0.25, 0.3) is 0 Å². The molecule has 1 heterocycles. The molecule has 6 nitrogen and oxygen atoms in total. The van der Waals surface area contributed by atoms with Crippen LogP contribution in [-0.2, 0) is 13.2 Å². The minimum atomic E-state index is -1.61. The number of hydrogen-bond donors (Lipinski definition) is 2. The van der Waals surface area contributed by atoms with Crippen LogP contribution in [0.3, 0.4) is 0 Å². The van der Waals surface area contributed by atoms with Crippen LogP contribution in [0.4, 0.5) is 29.2 Å². The van der Waals surface area contributed by atoms with Gasteiger partial charge in [0.25, 0.3) is 5.56 Å². The fourth-order valence-electron chi connectivity index (χ4n) is 2.48. The maximum atomic E-state index is 13.5. The summed E-state index contributed by atoms with van der Waals surface area (Å²) in [5, 5.41) is 15.9. The van der Waals surface area contributed by atoms with Gasteiger partial charge in [0.2, 0.25) is 5.95 Å². The minimum absolute atomic E-state index is 0.00254. The molecule has 0 saturated heterocycles. The Morgan fingerprint density at radius 1 is 1.11 bits per heavy atom. The first kappa shape index (κ1) is 19.5. The minimum Gasteiger partial charge on any atom is -0.390 e. The Labute approximate surface area is 156 Å². The predicted octanol–water partition coefficient (Wildman–Crippen LogP) is 2.79. The van der Waals surface area contributed by atoms with Crippen molar-refractivity contribution in [2.45, 2.75) is 20.1 Å². The number of aromatic nitrogens is 3. The summed E-state index contributed by atoms with van der Waals surface area (Å²) in [5.74, 6) is -5.08. The van der Waals surface area contributed by atoms with Crippen molar-refractivity contribution in [2.75, 3.05) is 5.32 Å². The number of benzene rings is 2. The molecule has 2 aromatic carbocycles. The van der Waals surface area contributed by atoms with E-state index in [1.165, 1.54) is 18.2 Å². The Hall–Kier alpha value is -3.27. The van der Waals surface area contributed by atoms with Crippen molar-refractivity contribution in [3.8, 4) is 0 Å². The van der Waals surface area contributed by atoms with Crippen LogP contribution in [0.1, 0.15) is 16.8 Å². The molecule has 3 aromatic rings. The lowest BCUT2D eigenvalue weighted by Gasteiger charge is -2.15. The first-order chi connectivity index (χ1) is 13.3. The number of hydrogen-bond acceptors (Lipinski definition) is 5. The number of nitrogens with one attached hydrogen (secondary N) is 1. The number of nitrogens with zero attached hydrogens (tertiary/aromatic N) is 3. The molecular weight excluding hydrogens is 380 g/mol. The second-order valence-corrected chi connectivity index (χ2v) is 5.96. The number of halogens is 4. The molecule has 1 aromatic heterocycles. The van der Waals surface area contributed by atoms with Gasteiger partial charge in [-0.3, -0.25) is 4.79 Å². The SMILES string of the molecule is Cc1ccc(F)cc1Nc1nc(=O)c(CO)nn1Cc1cc(F)c(F)c(F)c1. The second kappa shape index (κ2) is 7.77. The normalized spacial score (nSPS) is 10.9. The zero-order chi connectivity index (χ0) is 20.4. The molecule has 0 aliphatic carbocycles. The topological polar surface area (TPSA) is 80.0 Å². The van der Waals surface area contributed by atoms with E-state index in [4.69, 9.17) is 0 Å². The molecule has 146 valence electrons. The van der Waals surface area contributed by atoms with Gasteiger partial charge in [-0.1, -0.05) is 6.07 Å². The summed E-state index contributed by atoms with van der Waals surface area (Å²) < 4.78 is 54.7. The van der Waals surface area contributed by atoms with E-state index in [0.717, 1.165) is 16.8 Å². The van der Waals surface area contributed by atoms with Crippen LogP contribution in [-0.4, -0.2) is 19.9 Å². The lowest BCUT2D eigenvalue weighted by atomic mass is 10.2. The van der Waals surface area contributed by atoms with E-state index in [9.17, 15) is 27.5 Å². The number of aliphatic hydroxyl groups excluding tert-OH is 1. The van der Waals surface area contributed by atoms with Crippen molar-refractivity contribution in [2.24, 2.45) is 0 Å². The van der Waals surface area contributed by atoms with Crippen molar-refractivity contribution in [3.05, 3.63) is 80.8 Å². The van der Waals surface area contributed by atoms with Crippen LogP contribution in [0.5, 0.6) is 0 Å². The summed E-state index contributed by atoms with van der Waals surface area (Å²) in [6, 6.07) is 5.46. The van der Waals surface area contributed by atoms with Gasteiger partial charge < -0.3 is 10.4 Å². The predicted molar refractivity (Wildman–Crippen MR) is 92.1 cm³/mol. The summed E-state index contributed by atoms with van der Waals surface area (Å²) in [6.07, 6.45) is 0. The first-order valence-electron chi connectivity index (χ1n) is 8.04. The largest absolute Gasteiger partial charge is 0.390 e. The molecule has 0 spiro atoms. The number of rotatable bonds is 5. The van der Waals surface area contributed by atoms with Crippen LogP contribution < -0.4 is 10.9 Å². The van der Waals surface area contributed by atoms with E-state index in [1.807, 2.05) is 0 Å². The van der Waals surface area contributed by atoms with Crippen LogP contribution in [0, 0.1) is 30.2 Å². The second-order valence-electron chi connectivity index (χ2n) is 5.96. The van der Waals surface area contributed by atoms with Gasteiger partial charge in [-0.2, -0.15) is 10.1 Å². The van der Waals surface area contributed by atoms with E-state index in [0.29, 0.717) is 5.56 Å². The lowest BCUT2D eigenvalue weighted by molar-refractivity contribution is 0.271. The van der Waals surface area contributed by atoms with E-state index in [1.54, 1.807) is 6.92 Å². The van der Waals surface area contributed by atoms with Crippen LogP contribution in [0.2, 0.25) is 0 Å². The summed E-state index contributed by atoms with van der Waals surface area (Å²) in [7, 11) is 0. The van der Waals surface area contributed by atoms with E-state index >= 15 is 0 Å². The third-order valence-electron chi connectivity index (χ3n) is 3.91. The van der Waals surface area contributed by atoms with Gasteiger partial charge in [-0.05, 0) is 42.3 Å². The van der Waals surface area contributed by atoms with E-state index < -0.39 is 35.4 Å². The molecule has 0 saturated carbocycles. The van der Waals surface area contributed by atoms with Crippen molar-refractivity contribution >= 4 is 11.6 Å². The molecule has 0 amide bonds. The molecule has 10 heteroatoms. The quantitative estimate of drug-likeness (QED) is 0.514. The van der Waals surface area contributed by atoms with Gasteiger partial charge in [0.05, 0.1) is 13.2 Å². The molecular formula is C18H14F4N4O2. The van der Waals surface area contributed by atoms with Crippen molar-refractivity contribution in [1.29, 1.82) is 0 Å². The zero-order valence-corrected chi connectivity index (χ0v) is 14.5. The fraction of sp³-hybridized carbons (Fsp3) is 0.167. The smallest absolute Gasteiger partial charge is 0.298 e. The summed E-state index contributed by atoms with van der Waals surface area (Å²) in [4.78, 5) is 15.7. The third kappa shape index (κ3) is 4.01. The summed E-state index contributed by atoms with van der Waals surface area (Å²) >= 11 is 0. The molecule has 0 aliphatic rings. The lowest BCUT2D eigenvalue weighted by Crippen LogP contribution is -2.25. The molecule has 28 heavy (non-hydrogen) atoms. The molecule has 0 bridgehead atoms. The highest BCUT2D eigenvalue weighted by Gasteiger charge is 2.15. The standard InChI is InChI=1S/C18H14F4N4O2/c1-9-2-3-11(19)6-14(9)23-18-24-17(28)15(8-27)25-26(18)7-10-4-12(20)16(22)13(21)5-10/h2-6,27H,7-8H2,1H3,(H,23,24,28). The Bertz CT molecular complexity index is 1080. The Balaban J connectivity index is 2.06. The Morgan fingerprint density at radius 3 is 2.43 bits per heavy atom. The molecule has 0 radical (unpaired) electrons. The van der Waals surface area contributed by atoms with Crippen LogP contribution >= 0.6 is 0 Å². The molecule has 0 atom stereocenters. The van der Waals surface area contributed by atoms with Crippen LogP contribution in [0.15, 0.2) is 35.1 Å². The van der Waals surface area contributed by atoms with Gasteiger partial charge in [0.1, 0.15) is 5.82 Å². The van der Waals surface area contributed by atoms with Gasteiger partial charge in [-0.25, -0.2) is 22.2 Å². The highest BCUT2D eigenvalue weighted by molar-refractivity contribution is 5.58. The molecule has 0 aliphatic heterocycles. The van der Waals surface area contributed by atoms with Gasteiger partial charge in [-0.15, -0.1) is 0 Å². The fourth-order valence-corrected chi connectivity index (χ4v) is 2.48. The maximum Gasteiger partial charge on any atom is 0.298 e. The zero-order valence-electron chi connectivity index (χ0n) is 14.5. The van der Waals surface area contributed by atoms with Crippen molar-refractivity contribution in [3.63, 3.8) is 0 Å². The average molecular weight is 394 g/mol. The summed E-state index contributed by atoms with van der Waals surface area (Å²) in [5.41, 5.74) is -0.212. The number of anilines is 2. The van der Waals surface area contributed by atoms with Crippen molar-refractivity contribution < 1.29 is 22.7 Å². The molecule has 3 rings (SSSR count). The van der Waals surface area contributed by atoms with Gasteiger partial charge in [0.15, 0.2) is 23.1 Å². The maximum absolute atomic E-state index is 13.5. The summed E-state index contributed by atoms with van der Waals surface area (Å²) in [6.45, 7) is 0.673. The number of aliphatic hydroxyl groups is 1. The average Bonchev–Trinajstić information content (AvgIpc) is 2.64. The highest BCUT2D eigenvalue weighted by atomic mass is 19.2. The monoisotopic (exact) mass is 394 g/mol. The Morgan fingerprint density at radius 2 is 1.79 bits per heavy atom. The van der Waals surface area contributed by atoms with Gasteiger partial charge >= 0.3 is 0 Å². The van der Waals surface area contributed by atoms with E-state index in [-0.39, 0.29) is 29.4 Å². The number of aryl methyl sites for hydroxylation is 1. The molecule has 2 N–H and O–H groups in total. The third-order valence-corrected chi connectivity index (χ3v) is 3.91. The highest BCUT2D eigenvalue weighted by Crippen LogP contribution is 2.21. The van der Waals surface area contributed by atoms with Crippen molar-refractivity contribution in [1.82, 2.24) is 14.8 Å². The first-order valence-corrected chi connectivity index (χ1v) is 8.04. The van der Waals surface area contributed by atoms with E-state index in [2.05, 4.69) is 15.4 Å². The molecule has 0 fully saturated rings. The molecule has 0 unspecified atom stereocenters.